The first-order valence-electron chi connectivity index (χ1n) is 9.43. The average Bonchev–Trinajstić information content (AvgIpc) is 3.14. The number of rotatable bonds is 9. The summed E-state index contributed by atoms with van der Waals surface area (Å²) in [6.45, 7) is 5.79. The molecule has 0 unspecified atom stereocenters. The Bertz CT molecular complexity index is 1050. The van der Waals surface area contributed by atoms with E-state index in [9.17, 15) is 14.9 Å². The van der Waals surface area contributed by atoms with E-state index in [1.54, 1.807) is 10.9 Å². The number of aromatic nitrogens is 4. The minimum absolute atomic E-state index is 0.0549. The van der Waals surface area contributed by atoms with Crippen LogP contribution in [-0.2, 0) is 6.54 Å². The van der Waals surface area contributed by atoms with E-state index in [2.05, 4.69) is 39.5 Å². The van der Waals surface area contributed by atoms with Gasteiger partial charge in [0.2, 0.25) is 0 Å². The fraction of sp³-hybridized carbons (Fsp3) is 0.368. The van der Waals surface area contributed by atoms with E-state index in [4.69, 9.17) is 0 Å². The van der Waals surface area contributed by atoms with Crippen molar-refractivity contribution in [3.8, 4) is 0 Å². The van der Waals surface area contributed by atoms with Gasteiger partial charge in [0, 0.05) is 30.8 Å². The third-order valence-electron chi connectivity index (χ3n) is 4.29. The molecule has 0 spiro atoms. The van der Waals surface area contributed by atoms with Crippen LogP contribution in [0, 0.1) is 16.0 Å². The normalized spacial score (nSPS) is 11.1. The Morgan fingerprint density at radius 2 is 2.00 bits per heavy atom. The number of anilines is 1. The summed E-state index contributed by atoms with van der Waals surface area (Å²) in [6.07, 6.45) is 3.64. The molecule has 11 heteroatoms. The summed E-state index contributed by atoms with van der Waals surface area (Å²) in [5, 5.41) is 22.7. The molecule has 3 rings (SSSR count). The van der Waals surface area contributed by atoms with Crippen molar-refractivity contribution in [1.82, 2.24) is 25.1 Å². The third kappa shape index (κ3) is 5.03. The minimum atomic E-state index is -0.501. The number of hydrogen-bond acceptors (Lipinski definition) is 8. The molecule has 0 aliphatic heterocycles. The Hall–Kier alpha value is -3.21. The maximum atomic E-state index is 12.3. The Morgan fingerprint density at radius 1 is 1.27 bits per heavy atom. The minimum Gasteiger partial charge on any atom is -0.369 e. The van der Waals surface area contributed by atoms with Gasteiger partial charge in [0.05, 0.1) is 23.1 Å². The molecule has 0 saturated carbocycles. The molecule has 0 aliphatic rings. The molecule has 30 heavy (non-hydrogen) atoms. The van der Waals surface area contributed by atoms with Crippen molar-refractivity contribution in [2.75, 3.05) is 24.7 Å². The highest BCUT2D eigenvalue weighted by atomic mass is 32.2. The van der Waals surface area contributed by atoms with Gasteiger partial charge in [-0.1, -0.05) is 25.6 Å². The van der Waals surface area contributed by atoms with Gasteiger partial charge in [0.1, 0.15) is 5.82 Å². The van der Waals surface area contributed by atoms with Crippen molar-refractivity contribution < 1.29 is 9.72 Å². The van der Waals surface area contributed by atoms with Gasteiger partial charge in [-0.2, -0.15) is 5.10 Å². The SMILES string of the molecule is CSc1nc(NCC(C)C)c2cnn(CCNC(=O)c3ccc([N+](=O)[O-])cc3)c2n1. The first kappa shape index (κ1) is 21.5. The summed E-state index contributed by atoms with van der Waals surface area (Å²) in [4.78, 5) is 31.6. The summed E-state index contributed by atoms with van der Waals surface area (Å²) >= 11 is 1.45. The molecule has 0 atom stereocenters. The van der Waals surface area contributed by atoms with Crippen LogP contribution in [0.25, 0.3) is 11.0 Å². The second-order valence-corrected chi connectivity index (χ2v) is 7.77. The second-order valence-electron chi connectivity index (χ2n) is 7.00. The Balaban J connectivity index is 1.69. The molecule has 2 heterocycles. The number of fused-ring (bicyclic) bond motifs is 1. The molecular weight excluding hydrogens is 406 g/mol. The summed E-state index contributed by atoms with van der Waals surface area (Å²) < 4.78 is 1.73. The number of nitrogens with zero attached hydrogens (tertiary/aromatic N) is 5. The number of benzene rings is 1. The zero-order valence-electron chi connectivity index (χ0n) is 17.0. The smallest absolute Gasteiger partial charge is 0.269 e. The molecule has 0 bridgehead atoms. The number of nitrogens with one attached hydrogen (secondary N) is 2. The van der Waals surface area contributed by atoms with Crippen LogP contribution in [0.3, 0.4) is 0 Å². The molecule has 1 amide bonds. The van der Waals surface area contributed by atoms with Crippen LogP contribution in [0.15, 0.2) is 35.6 Å². The molecule has 0 saturated heterocycles. The van der Waals surface area contributed by atoms with Crippen molar-refractivity contribution in [2.24, 2.45) is 5.92 Å². The largest absolute Gasteiger partial charge is 0.369 e. The second kappa shape index (κ2) is 9.53. The van der Waals surface area contributed by atoms with Crippen LogP contribution >= 0.6 is 11.8 Å². The standard InChI is InChI=1S/C19H23N7O3S/c1-12(2)10-21-16-15-11-22-25(17(15)24-19(23-16)30-3)9-8-20-18(27)13-4-6-14(7-5-13)26(28)29/h4-7,11-12H,8-10H2,1-3H3,(H,20,27)(H,21,23,24). The first-order chi connectivity index (χ1) is 14.4. The fourth-order valence-electron chi connectivity index (χ4n) is 2.74. The number of nitro benzene ring substituents is 1. The summed E-state index contributed by atoms with van der Waals surface area (Å²) in [5.41, 5.74) is 1.00. The lowest BCUT2D eigenvalue weighted by Gasteiger charge is -2.11. The Kier molecular flexibility index (Phi) is 6.83. The molecular formula is C19H23N7O3S. The quantitative estimate of drug-likeness (QED) is 0.230. The summed E-state index contributed by atoms with van der Waals surface area (Å²) in [7, 11) is 0. The van der Waals surface area contributed by atoms with E-state index >= 15 is 0 Å². The number of hydrogen-bond donors (Lipinski definition) is 2. The average molecular weight is 430 g/mol. The Labute approximate surface area is 177 Å². The van der Waals surface area contributed by atoms with Crippen molar-refractivity contribution in [1.29, 1.82) is 0 Å². The van der Waals surface area contributed by atoms with Gasteiger partial charge in [0.15, 0.2) is 10.8 Å². The molecule has 158 valence electrons. The lowest BCUT2D eigenvalue weighted by Crippen LogP contribution is -2.27. The number of carbonyl (C=O) groups is 1. The number of non-ortho nitro benzene ring substituents is 1. The number of nitro groups is 1. The van der Waals surface area contributed by atoms with Gasteiger partial charge in [-0.05, 0) is 24.3 Å². The fourth-order valence-corrected chi connectivity index (χ4v) is 3.10. The van der Waals surface area contributed by atoms with E-state index in [0.717, 1.165) is 17.7 Å². The molecule has 0 radical (unpaired) electrons. The van der Waals surface area contributed by atoms with Crippen LogP contribution in [0.5, 0.6) is 0 Å². The number of thioether (sulfide) groups is 1. The van der Waals surface area contributed by atoms with E-state index in [1.165, 1.54) is 36.0 Å². The van der Waals surface area contributed by atoms with Crippen LogP contribution in [-0.4, -0.2) is 49.9 Å². The van der Waals surface area contributed by atoms with Crippen LogP contribution < -0.4 is 10.6 Å². The van der Waals surface area contributed by atoms with E-state index in [0.29, 0.717) is 35.4 Å². The van der Waals surface area contributed by atoms with E-state index in [-0.39, 0.29) is 11.6 Å². The molecule has 3 aromatic rings. The predicted molar refractivity (Wildman–Crippen MR) is 116 cm³/mol. The van der Waals surface area contributed by atoms with Crippen molar-refractivity contribution in [2.45, 2.75) is 25.5 Å². The molecule has 0 fully saturated rings. The highest BCUT2D eigenvalue weighted by Gasteiger charge is 2.14. The number of amides is 1. The molecule has 2 aromatic heterocycles. The summed E-state index contributed by atoms with van der Waals surface area (Å²) in [6, 6.07) is 5.48. The number of carbonyl (C=O) groups excluding carboxylic acids is 1. The lowest BCUT2D eigenvalue weighted by molar-refractivity contribution is -0.384. The zero-order chi connectivity index (χ0) is 21.7. The third-order valence-corrected chi connectivity index (χ3v) is 4.83. The van der Waals surface area contributed by atoms with Crippen molar-refractivity contribution >= 4 is 40.2 Å². The highest BCUT2D eigenvalue weighted by Crippen LogP contribution is 2.23. The van der Waals surface area contributed by atoms with Gasteiger partial charge in [0.25, 0.3) is 11.6 Å². The monoisotopic (exact) mass is 429 g/mol. The topological polar surface area (TPSA) is 128 Å². The van der Waals surface area contributed by atoms with Gasteiger partial charge in [-0.25, -0.2) is 14.6 Å². The molecule has 10 nitrogen and oxygen atoms in total. The lowest BCUT2D eigenvalue weighted by atomic mass is 10.2. The van der Waals surface area contributed by atoms with Crippen molar-refractivity contribution in [3.63, 3.8) is 0 Å². The van der Waals surface area contributed by atoms with Crippen LogP contribution in [0.4, 0.5) is 11.5 Å². The van der Waals surface area contributed by atoms with Crippen LogP contribution in [0.1, 0.15) is 24.2 Å². The molecule has 1 aromatic carbocycles. The van der Waals surface area contributed by atoms with Gasteiger partial charge < -0.3 is 10.6 Å². The predicted octanol–water partition coefficient (Wildman–Crippen LogP) is 2.95. The maximum absolute atomic E-state index is 12.3. The Morgan fingerprint density at radius 3 is 2.63 bits per heavy atom. The van der Waals surface area contributed by atoms with Gasteiger partial charge in [-0.15, -0.1) is 0 Å². The zero-order valence-corrected chi connectivity index (χ0v) is 17.8. The van der Waals surface area contributed by atoms with E-state index < -0.39 is 4.92 Å². The molecule has 0 aliphatic carbocycles. The summed E-state index contributed by atoms with van der Waals surface area (Å²) in [5.74, 6) is 0.914. The highest BCUT2D eigenvalue weighted by molar-refractivity contribution is 7.98. The van der Waals surface area contributed by atoms with Crippen LogP contribution in [0.2, 0.25) is 0 Å². The first-order valence-corrected chi connectivity index (χ1v) is 10.7. The van der Waals surface area contributed by atoms with Gasteiger partial charge in [-0.3, -0.25) is 14.9 Å². The van der Waals surface area contributed by atoms with E-state index in [1.807, 2.05) is 6.26 Å². The molecule has 2 N–H and O–H groups in total. The maximum Gasteiger partial charge on any atom is 0.269 e. The van der Waals surface area contributed by atoms with Crippen molar-refractivity contribution in [3.05, 3.63) is 46.1 Å². The van der Waals surface area contributed by atoms with Gasteiger partial charge >= 0.3 is 0 Å².